The van der Waals surface area contributed by atoms with Gasteiger partial charge in [-0.3, -0.25) is 4.79 Å². The quantitative estimate of drug-likeness (QED) is 0.753. The Kier molecular flexibility index (Phi) is 5.48. The van der Waals surface area contributed by atoms with Gasteiger partial charge in [0, 0.05) is 25.6 Å². The Morgan fingerprint density at radius 3 is 2.56 bits per heavy atom. The van der Waals surface area contributed by atoms with Gasteiger partial charge in [-0.15, -0.1) is 0 Å². The topological polar surface area (TPSA) is 29.5 Å². The normalized spacial score (nSPS) is 25.3. The zero-order valence-electron chi connectivity index (χ0n) is 11.7. The van der Waals surface area contributed by atoms with E-state index in [9.17, 15) is 4.79 Å². The van der Waals surface area contributed by atoms with Gasteiger partial charge < -0.3 is 9.64 Å². The average Bonchev–Trinajstić information content (AvgIpc) is 2.92. The summed E-state index contributed by atoms with van der Waals surface area (Å²) in [5.74, 6) is 0.347. The SMILES string of the molecule is CCN(C(=O)CC[C@@H]1CCCO1)C1CCCCC1. The lowest BCUT2D eigenvalue weighted by Gasteiger charge is -2.34. The maximum absolute atomic E-state index is 12.3. The van der Waals surface area contributed by atoms with Gasteiger partial charge in [0.15, 0.2) is 0 Å². The molecule has 1 aliphatic carbocycles. The van der Waals surface area contributed by atoms with Crippen LogP contribution in [0.25, 0.3) is 0 Å². The van der Waals surface area contributed by atoms with Crippen LogP contribution in [0.2, 0.25) is 0 Å². The average molecular weight is 253 g/mol. The Morgan fingerprint density at radius 2 is 1.94 bits per heavy atom. The van der Waals surface area contributed by atoms with E-state index in [1.807, 2.05) is 0 Å². The van der Waals surface area contributed by atoms with Gasteiger partial charge in [0.2, 0.25) is 5.91 Å². The van der Waals surface area contributed by atoms with Crippen LogP contribution in [0.15, 0.2) is 0 Å². The van der Waals surface area contributed by atoms with E-state index in [1.165, 1.54) is 38.5 Å². The van der Waals surface area contributed by atoms with Crippen molar-refractivity contribution in [3.05, 3.63) is 0 Å². The van der Waals surface area contributed by atoms with E-state index in [0.29, 0.717) is 24.5 Å². The molecule has 1 amide bonds. The molecule has 1 saturated heterocycles. The molecule has 0 bridgehead atoms. The molecule has 2 fully saturated rings. The summed E-state index contributed by atoms with van der Waals surface area (Å²) in [6.45, 7) is 3.87. The summed E-state index contributed by atoms with van der Waals surface area (Å²) in [5, 5.41) is 0. The minimum Gasteiger partial charge on any atom is -0.378 e. The third kappa shape index (κ3) is 3.71. The van der Waals surface area contributed by atoms with Crippen LogP contribution in [0.1, 0.15) is 64.7 Å². The number of hydrogen-bond acceptors (Lipinski definition) is 2. The maximum atomic E-state index is 12.3. The van der Waals surface area contributed by atoms with Crippen molar-refractivity contribution in [2.24, 2.45) is 0 Å². The molecule has 18 heavy (non-hydrogen) atoms. The minimum absolute atomic E-state index is 0.346. The molecule has 1 aliphatic heterocycles. The molecule has 2 rings (SSSR count). The second-order valence-electron chi connectivity index (χ2n) is 5.65. The van der Waals surface area contributed by atoms with Crippen LogP contribution in [0.5, 0.6) is 0 Å². The fraction of sp³-hybridized carbons (Fsp3) is 0.933. The van der Waals surface area contributed by atoms with Crippen molar-refractivity contribution >= 4 is 5.91 Å². The van der Waals surface area contributed by atoms with E-state index >= 15 is 0 Å². The second-order valence-corrected chi connectivity index (χ2v) is 5.65. The second kappa shape index (κ2) is 7.13. The van der Waals surface area contributed by atoms with E-state index in [2.05, 4.69) is 11.8 Å². The van der Waals surface area contributed by atoms with Gasteiger partial charge in [-0.05, 0) is 39.0 Å². The highest BCUT2D eigenvalue weighted by Gasteiger charge is 2.25. The smallest absolute Gasteiger partial charge is 0.222 e. The summed E-state index contributed by atoms with van der Waals surface area (Å²) < 4.78 is 5.59. The van der Waals surface area contributed by atoms with Gasteiger partial charge in [0.05, 0.1) is 6.10 Å². The van der Waals surface area contributed by atoms with Crippen LogP contribution in [-0.4, -0.2) is 36.1 Å². The molecule has 0 aromatic rings. The first-order chi connectivity index (χ1) is 8.81. The Balaban J connectivity index is 1.76. The standard InChI is InChI=1S/C15H27NO2/c1-2-16(13-7-4-3-5-8-13)15(17)11-10-14-9-6-12-18-14/h13-14H,2-12H2,1H3/t14-/m0/s1. The van der Waals surface area contributed by atoms with Crippen LogP contribution >= 0.6 is 0 Å². The summed E-state index contributed by atoms with van der Waals surface area (Å²) in [5.41, 5.74) is 0. The molecule has 0 aromatic carbocycles. The molecule has 1 saturated carbocycles. The van der Waals surface area contributed by atoms with E-state index < -0.39 is 0 Å². The van der Waals surface area contributed by atoms with Gasteiger partial charge in [-0.25, -0.2) is 0 Å². The van der Waals surface area contributed by atoms with Crippen molar-refractivity contribution in [3.8, 4) is 0 Å². The first kappa shape index (κ1) is 13.9. The lowest BCUT2D eigenvalue weighted by molar-refractivity contribution is -0.134. The Morgan fingerprint density at radius 1 is 1.17 bits per heavy atom. The molecule has 3 heteroatoms. The molecule has 0 spiro atoms. The predicted octanol–water partition coefficient (Wildman–Crippen LogP) is 3.13. The lowest BCUT2D eigenvalue weighted by atomic mass is 9.94. The van der Waals surface area contributed by atoms with Crippen LogP contribution in [0.3, 0.4) is 0 Å². The predicted molar refractivity (Wildman–Crippen MR) is 72.5 cm³/mol. The van der Waals surface area contributed by atoms with E-state index in [4.69, 9.17) is 4.74 Å². The van der Waals surface area contributed by atoms with E-state index in [1.54, 1.807) is 0 Å². The summed E-state index contributed by atoms with van der Waals surface area (Å²) in [7, 11) is 0. The Labute approximate surface area is 111 Å². The van der Waals surface area contributed by atoms with Crippen molar-refractivity contribution in [3.63, 3.8) is 0 Å². The fourth-order valence-electron chi connectivity index (χ4n) is 3.33. The molecule has 104 valence electrons. The van der Waals surface area contributed by atoms with Crippen LogP contribution in [0, 0.1) is 0 Å². The number of hydrogen-bond donors (Lipinski definition) is 0. The Bertz CT molecular complexity index is 255. The van der Waals surface area contributed by atoms with Crippen molar-refractivity contribution in [1.29, 1.82) is 0 Å². The lowest BCUT2D eigenvalue weighted by Crippen LogP contribution is -2.41. The molecule has 2 aliphatic rings. The highest BCUT2D eigenvalue weighted by molar-refractivity contribution is 5.76. The molecule has 0 unspecified atom stereocenters. The highest BCUT2D eigenvalue weighted by Crippen LogP contribution is 2.24. The zero-order valence-corrected chi connectivity index (χ0v) is 11.7. The van der Waals surface area contributed by atoms with Crippen LogP contribution < -0.4 is 0 Å². The van der Waals surface area contributed by atoms with Crippen molar-refractivity contribution in [2.45, 2.75) is 76.9 Å². The first-order valence-corrected chi connectivity index (χ1v) is 7.72. The summed E-state index contributed by atoms with van der Waals surface area (Å²) >= 11 is 0. The largest absolute Gasteiger partial charge is 0.378 e. The first-order valence-electron chi connectivity index (χ1n) is 7.72. The number of ether oxygens (including phenoxy) is 1. The monoisotopic (exact) mass is 253 g/mol. The third-order valence-corrected chi connectivity index (χ3v) is 4.38. The molecule has 1 atom stereocenters. The maximum Gasteiger partial charge on any atom is 0.222 e. The Hall–Kier alpha value is -0.570. The van der Waals surface area contributed by atoms with Crippen molar-refractivity contribution in [1.82, 2.24) is 4.90 Å². The minimum atomic E-state index is 0.346. The van der Waals surface area contributed by atoms with Gasteiger partial charge in [-0.1, -0.05) is 19.3 Å². The van der Waals surface area contributed by atoms with Gasteiger partial charge in [0.1, 0.15) is 0 Å². The number of amides is 1. The fourth-order valence-corrected chi connectivity index (χ4v) is 3.33. The van der Waals surface area contributed by atoms with E-state index in [-0.39, 0.29) is 0 Å². The summed E-state index contributed by atoms with van der Waals surface area (Å²) in [6, 6.07) is 0.515. The highest BCUT2D eigenvalue weighted by atomic mass is 16.5. The molecule has 3 nitrogen and oxygen atoms in total. The van der Waals surface area contributed by atoms with Gasteiger partial charge in [-0.2, -0.15) is 0 Å². The number of carbonyl (C=O) groups excluding carboxylic acids is 1. The molecular weight excluding hydrogens is 226 g/mol. The van der Waals surface area contributed by atoms with Gasteiger partial charge >= 0.3 is 0 Å². The van der Waals surface area contributed by atoms with Crippen molar-refractivity contribution in [2.75, 3.05) is 13.2 Å². The molecular formula is C15H27NO2. The summed E-state index contributed by atoms with van der Waals surface area (Å²) in [4.78, 5) is 14.4. The van der Waals surface area contributed by atoms with Crippen LogP contribution in [0.4, 0.5) is 0 Å². The summed E-state index contributed by atoms with van der Waals surface area (Å²) in [6.07, 6.45) is 10.6. The number of rotatable bonds is 5. The van der Waals surface area contributed by atoms with Gasteiger partial charge in [0.25, 0.3) is 0 Å². The molecule has 0 N–H and O–H groups in total. The zero-order chi connectivity index (χ0) is 12.8. The molecule has 1 heterocycles. The third-order valence-electron chi connectivity index (χ3n) is 4.38. The van der Waals surface area contributed by atoms with Crippen molar-refractivity contribution < 1.29 is 9.53 Å². The number of carbonyl (C=O) groups is 1. The molecule has 0 radical (unpaired) electrons. The van der Waals surface area contributed by atoms with Crippen LogP contribution in [-0.2, 0) is 9.53 Å². The number of nitrogens with zero attached hydrogens (tertiary/aromatic N) is 1. The van der Waals surface area contributed by atoms with E-state index in [0.717, 1.165) is 26.0 Å². The molecule has 0 aromatic heterocycles.